The van der Waals surface area contributed by atoms with Crippen LogP contribution in [0.4, 0.5) is 14.7 Å². The third kappa shape index (κ3) is 5.75. The number of allylic oxidation sites excluding steroid dienone is 1. The molecule has 2 aliphatic carbocycles. The van der Waals surface area contributed by atoms with E-state index in [2.05, 4.69) is 27.1 Å². The zero-order valence-corrected chi connectivity index (χ0v) is 21.8. The van der Waals surface area contributed by atoms with Crippen LogP contribution in [-0.4, -0.2) is 62.3 Å². The predicted molar refractivity (Wildman–Crippen MR) is 141 cm³/mol. The smallest absolute Gasteiger partial charge is 0.247 e. The molecule has 2 unspecified atom stereocenters. The average Bonchev–Trinajstić information content (AvgIpc) is 3.16. The molecule has 0 radical (unpaired) electrons. The molecule has 2 N–H and O–H groups in total. The van der Waals surface area contributed by atoms with Gasteiger partial charge in [-0.05, 0) is 56.2 Å². The maximum atomic E-state index is 14.7. The SMILES string of the molecule is O=C(NC1CC(F)C1)[C@H](c1ccccc1Cl)N(C(=O)[C@@H]1CCC(O)N1c1ncccn1)C1C=C(F)C#CCC1. The molecule has 0 spiro atoms. The Bertz CT molecular complexity index is 1310. The van der Waals surface area contributed by atoms with Gasteiger partial charge in [0.15, 0.2) is 5.83 Å². The maximum absolute atomic E-state index is 14.7. The summed E-state index contributed by atoms with van der Waals surface area (Å²) in [5, 5.41) is 13.9. The van der Waals surface area contributed by atoms with Crippen LogP contribution >= 0.6 is 11.6 Å². The van der Waals surface area contributed by atoms with Gasteiger partial charge in [0, 0.05) is 35.4 Å². The fourth-order valence-corrected chi connectivity index (χ4v) is 5.57. The average molecular weight is 556 g/mol. The number of nitrogens with zero attached hydrogens (tertiary/aromatic N) is 4. The van der Waals surface area contributed by atoms with E-state index in [1.165, 1.54) is 28.3 Å². The quantitative estimate of drug-likeness (QED) is 0.506. The molecule has 2 aromatic rings. The van der Waals surface area contributed by atoms with Crippen molar-refractivity contribution in [3.63, 3.8) is 0 Å². The maximum Gasteiger partial charge on any atom is 0.247 e. The third-order valence-corrected chi connectivity index (χ3v) is 7.64. The monoisotopic (exact) mass is 555 g/mol. The Morgan fingerprint density at radius 2 is 1.90 bits per heavy atom. The topological polar surface area (TPSA) is 98.7 Å². The van der Waals surface area contributed by atoms with Crippen molar-refractivity contribution in [3.05, 3.63) is 65.2 Å². The number of carbonyl (C=O) groups excluding carboxylic acids is 2. The van der Waals surface area contributed by atoms with E-state index in [9.17, 15) is 23.5 Å². The normalized spacial score (nSPS) is 26.8. The summed E-state index contributed by atoms with van der Waals surface area (Å²) >= 11 is 6.56. The van der Waals surface area contributed by atoms with Gasteiger partial charge in [-0.25, -0.2) is 14.4 Å². The first kappa shape index (κ1) is 27.0. The number of amides is 2. The Hall–Kier alpha value is -3.55. The highest BCUT2D eigenvalue weighted by atomic mass is 35.5. The van der Waals surface area contributed by atoms with Crippen LogP contribution in [0.2, 0.25) is 5.02 Å². The number of halogens is 3. The summed E-state index contributed by atoms with van der Waals surface area (Å²) < 4.78 is 28.2. The van der Waals surface area contributed by atoms with E-state index < -0.39 is 48.2 Å². The molecular weight excluding hydrogens is 528 g/mol. The number of aromatic nitrogens is 2. The molecule has 0 bridgehead atoms. The van der Waals surface area contributed by atoms with Crippen molar-refractivity contribution in [1.82, 2.24) is 20.2 Å². The molecule has 2 amide bonds. The van der Waals surface area contributed by atoms with Crippen LogP contribution in [0.15, 0.2) is 54.6 Å². The Kier molecular flexibility index (Phi) is 8.10. The van der Waals surface area contributed by atoms with Crippen LogP contribution in [0.5, 0.6) is 0 Å². The molecule has 1 saturated heterocycles. The van der Waals surface area contributed by atoms with Gasteiger partial charge in [-0.2, -0.15) is 4.39 Å². The molecule has 4 atom stereocenters. The van der Waals surface area contributed by atoms with Gasteiger partial charge in [-0.15, -0.1) is 0 Å². The summed E-state index contributed by atoms with van der Waals surface area (Å²) in [6, 6.07) is 4.83. The zero-order valence-electron chi connectivity index (χ0n) is 21.0. The highest BCUT2D eigenvalue weighted by Gasteiger charge is 2.46. The van der Waals surface area contributed by atoms with E-state index >= 15 is 0 Å². The number of aliphatic hydroxyl groups excluding tert-OH is 1. The Labute approximate surface area is 230 Å². The lowest BCUT2D eigenvalue weighted by atomic mass is 9.90. The van der Waals surface area contributed by atoms with Crippen LogP contribution in [0, 0.1) is 11.8 Å². The van der Waals surface area contributed by atoms with Crippen molar-refractivity contribution in [1.29, 1.82) is 0 Å². The van der Waals surface area contributed by atoms with Gasteiger partial charge < -0.3 is 20.2 Å². The third-order valence-electron chi connectivity index (χ3n) is 7.30. The standard InChI is InChI=1S/C28H28ClF2N5O3/c29-22-9-4-3-8-21(22)25(26(38)34-19-14-18(31)15-19)35(20-7-2-1-6-17(30)16-20)27(39)23-10-11-24(37)36(23)28-32-12-5-13-33-28/h3-5,8-9,12-13,16,18-20,23-25,37H,2,7,10-11,14-15H2,(H,34,38)/t18?,19?,20?,23-,24?,25-/m0/s1. The second kappa shape index (κ2) is 11.7. The van der Waals surface area contributed by atoms with Crippen LogP contribution in [-0.2, 0) is 9.59 Å². The molecule has 1 aliphatic heterocycles. The van der Waals surface area contributed by atoms with Crippen molar-refractivity contribution < 1.29 is 23.5 Å². The molecule has 2 heterocycles. The van der Waals surface area contributed by atoms with E-state index in [1.54, 1.807) is 30.3 Å². The number of rotatable bonds is 7. The fraction of sp³-hybridized carbons (Fsp3) is 0.429. The molecule has 1 saturated carbocycles. The minimum absolute atomic E-state index is 0.161. The van der Waals surface area contributed by atoms with E-state index in [0.717, 1.165) is 0 Å². The lowest BCUT2D eigenvalue weighted by Crippen LogP contribution is -2.57. The molecule has 39 heavy (non-hydrogen) atoms. The molecule has 1 aromatic heterocycles. The molecule has 2 fully saturated rings. The van der Waals surface area contributed by atoms with Crippen LogP contribution in [0.1, 0.15) is 50.1 Å². The number of nitrogens with one attached hydrogen (secondary N) is 1. The Morgan fingerprint density at radius 3 is 2.62 bits per heavy atom. The highest BCUT2D eigenvalue weighted by molar-refractivity contribution is 6.31. The second-order valence-electron chi connectivity index (χ2n) is 9.90. The van der Waals surface area contributed by atoms with Gasteiger partial charge in [0.2, 0.25) is 17.8 Å². The van der Waals surface area contributed by atoms with E-state index in [0.29, 0.717) is 12.0 Å². The summed E-state index contributed by atoms with van der Waals surface area (Å²) in [5.74, 6) is 3.54. The number of hydrogen-bond acceptors (Lipinski definition) is 6. The van der Waals surface area contributed by atoms with Gasteiger partial charge in [0.25, 0.3) is 0 Å². The van der Waals surface area contributed by atoms with Gasteiger partial charge >= 0.3 is 0 Å². The molecule has 8 nitrogen and oxygen atoms in total. The fourth-order valence-electron chi connectivity index (χ4n) is 5.33. The summed E-state index contributed by atoms with van der Waals surface area (Å²) in [4.78, 5) is 39.5. The van der Waals surface area contributed by atoms with Gasteiger partial charge in [0.1, 0.15) is 24.5 Å². The number of anilines is 1. The van der Waals surface area contributed by atoms with Crippen molar-refractivity contribution in [2.75, 3.05) is 4.90 Å². The minimum Gasteiger partial charge on any atom is -0.373 e. The summed E-state index contributed by atoms with van der Waals surface area (Å²) in [6.45, 7) is 0. The lowest BCUT2D eigenvalue weighted by molar-refractivity contribution is -0.144. The zero-order chi connectivity index (χ0) is 27.5. The lowest BCUT2D eigenvalue weighted by Gasteiger charge is -2.41. The molecule has 11 heteroatoms. The van der Waals surface area contributed by atoms with E-state index in [-0.39, 0.29) is 49.1 Å². The number of alkyl halides is 1. The molecule has 5 rings (SSSR count). The van der Waals surface area contributed by atoms with Crippen LogP contribution in [0.25, 0.3) is 0 Å². The van der Waals surface area contributed by atoms with Crippen molar-refractivity contribution in [2.24, 2.45) is 0 Å². The molecule has 204 valence electrons. The van der Waals surface area contributed by atoms with E-state index in [1.807, 2.05) is 0 Å². The first-order valence-corrected chi connectivity index (χ1v) is 13.3. The Balaban J connectivity index is 1.59. The van der Waals surface area contributed by atoms with Crippen LogP contribution < -0.4 is 10.2 Å². The van der Waals surface area contributed by atoms with E-state index in [4.69, 9.17) is 11.6 Å². The predicted octanol–water partition coefficient (Wildman–Crippen LogP) is 3.62. The van der Waals surface area contributed by atoms with Crippen molar-refractivity contribution in [3.8, 4) is 11.8 Å². The summed E-state index contributed by atoms with van der Waals surface area (Å²) in [7, 11) is 0. The summed E-state index contributed by atoms with van der Waals surface area (Å²) in [6.07, 6.45) is 3.66. The van der Waals surface area contributed by atoms with Gasteiger partial charge in [-0.1, -0.05) is 35.7 Å². The minimum atomic E-state index is -1.26. The van der Waals surface area contributed by atoms with Crippen LogP contribution in [0.3, 0.4) is 0 Å². The Morgan fingerprint density at radius 1 is 1.15 bits per heavy atom. The second-order valence-corrected chi connectivity index (χ2v) is 10.3. The highest BCUT2D eigenvalue weighted by Crippen LogP contribution is 2.36. The van der Waals surface area contributed by atoms with Crippen molar-refractivity contribution >= 4 is 29.4 Å². The van der Waals surface area contributed by atoms with Gasteiger partial charge in [0.05, 0.1) is 6.04 Å². The number of carbonyl (C=O) groups is 2. The molecule has 3 aliphatic rings. The number of hydrogen-bond donors (Lipinski definition) is 2. The number of aliphatic hydroxyl groups is 1. The molecule has 1 aromatic carbocycles. The van der Waals surface area contributed by atoms with Gasteiger partial charge in [-0.3, -0.25) is 9.59 Å². The first-order valence-electron chi connectivity index (χ1n) is 12.9. The molecular formula is C28H28ClF2N5O3. The first-order chi connectivity index (χ1) is 18.8. The largest absolute Gasteiger partial charge is 0.373 e. The van der Waals surface area contributed by atoms with Crippen molar-refractivity contribution in [2.45, 2.75) is 75.1 Å². The summed E-state index contributed by atoms with van der Waals surface area (Å²) in [5.41, 5.74) is 0.348. The number of benzene rings is 1.